The quantitative estimate of drug-likeness (QED) is 0.878. The van der Waals surface area contributed by atoms with E-state index >= 15 is 0 Å². The molecule has 3 rings (SSSR count). The normalized spacial score (nSPS) is 17.9. The zero-order chi connectivity index (χ0) is 19.6. The fourth-order valence-corrected chi connectivity index (χ4v) is 3.50. The van der Waals surface area contributed by atoms with Gasteiger partial charge in [-0.15, -0.1) is 0 Å². The molecule has 0 aliphatic carbocycles. The van der Waals surface area contributed by atoms with Crippen molar-refractivity contribution >= 4 is 11.9 Å². The Bertz CT molecular complexity index is 836. The van der Waals surface area contributed by atoms with Crippen molar-refractivity contribution in [2.45, 2.75) is 31.0 Å². The molecule has 2 atom stereocenters. The van der Waals surface area contributed by atoms with Gasteiger partial charge >= 0.3 is 12.1 Å². The molecule has 1 aliphatic heterocycles. The Balaban J connectivity index is 1.89. The highest BCUT2D eigenvalue weighted by atomic mass is 19.4. The number of carbonyl (C=O) groups excluding carboxylic acids is 1. The predicted octanol–water partition coefficient (Wildman–Crippen LogP) is 3.93. The fraction of sp³-hybridized carbons (Fsp3) is 0.300. The SMILES string of the molecule is O=C(O)C1c2ccccc2CCN1C(=O)CC(c1ccccc1)C(F)(F)F. The predicted molar refractivity (Wildman–Crippen MR) is 92.1 cm³/mol. The first-order valence-corrected chi connectivity index (χ1v) is 8.50. The molecule has 0 bridgehead atoms. The van der Waals surface area contributed by atoms with E-state index in [0.29, 0.717) is 12.0 Å². The molecule has 2 aromatic rings. The number of amides is 1. The summed E-state index contributed by atoms with van der Waals surface area (Å²) in [4.78, 5) is 25.5. The maximum atomic E-state index is 13.5. The van der Waals surface area contributed by atoms with Crippen LogP contribution in [0.15, 0.2) is 54.6 Å². The molecule has 1 heterocycles. The molecule has 7 heteroatoms. The molecule has 142 valence electrons. The molecule has 1 amide bonds. The third-order valence-electron chi connectivity index (χ3n) is 4.81. The summed E-state index contributed by atoms with van der Waals surface area (Å²) in [5.41, 5.74) is 1.24. The second kappa shape index (κ2) is 7.42. The van der Waals surface area contributed by atoms with E-state index in [1.165, 1.54) is 24.3 Å². The number of benzene rings is 2. The van der Waals surface area contributed by atoms with Crippen LogP contribution in [0.5, 0.6) is 0 Å². The first-order chi connectivity index (χ1) is 12.8. The molecule has 2 unspecified atom stereocenters. The number of alkyl halides is 3. The van der Waals surface area contributed by atoms with Gasteiger partial charge in [0.25, 0.3) is 0 Å². The molecule has 0 radical (unpaired) electrons. The van der Waals surface area contributed by atoms with E-state index in [1.807, 2.05) is 0 Å². The number of nitrogens with zero attached hydrogens (tertiary/aromatic N) is 1. The van der Waals surface area contributed by atoms with Gasteiger partial charge in [-0.3, -0.25) is 4.79 Å². The number of aliphatic carboxylic acids is 1. The van der Waals surface area contributed by atoms with E-state index in [9.17, 15) is 27.9 Å². The van der Waals surface area contributed by atoms with E-state index in [0.717, 1.165) is 10.5 Å². The van der Waals surface area contributed by atoms with Gasteiger partial charge in [-0.25, -0.2) is 4.79 Å². The van der Waals surface area contributed by atoms with Gasteiger partial charge in [0.2, 0.25) is 5.91 Å². The first kappa shape index (κ1) is 18.9. The van der Waals surface area contributed by atoms with Crippen molar-refractivity contribution in [1.82, 2.24) is 4.90 Å². The number of fused-ring (bicyclic) bond motifs is 1. The molecule has 0 fully saturated rings. The summed E-state index contributed by atoms with van der Waals surface area (Å²) >= 11 is 0. The van der Waals surface area contributed by atoms with Crippen LogP contribution in [0.3, 0.4) is 0 Å². The van der Waals surface area contributed by atoms with Gasteiger partial charge in [-0.2, -0.15) is 13.2 Å². The van der Waals surface area contributed by atoms with Crippen molar-refractivity contribution < 1.29 is 27.9 Å². The van der Waals surface area contributed by atoms with Crippen LogP contribution in [0, 0.1) is 0 Å². The Kier molecular flexibility index (Phi) is 5.21. The molecule has 1 aliphatic rings. The monoisotopic (exact) mass is 377 g/mol. The Labute approximate surface area is 154 Å². The van der Waals surface area contributed by atoms with Gasteiger partial charge in [0.05, 0.1) is 5.92 Å². The maximum Gasteiger partial charge on any atom is 0.396 e. The molecule has 2 aromatic carbocycles. The van der Waals surface area contributed by atoms with E-state index in [2.05, 4.69) is 0 Å². The van der Waals surface area contributed by atoms with E-state index in [4.69, 9.17) is 0 Å². The minimum Gasteiger partial charge on any atom is -0.479 e. The van der Waals surface area contributed by atoms with Gasteiger partial charge in [0.15, 0.2) is 6.04 Å². The van der Waals surface area contributed by atoms with Crippen molar-refractivity contribution in [3.8, 4) is 0 Å². The van der Waals surface area contributed by atoms with Crippen molar-refractivity contribution in [3.63, 3.8) is 0 Å². The van der Waals surface area contributed by atoms with Gasteiger partial charge in [0.1, 0.15) is 0 Å². The maximum absolute atomic E-state index is 13.5. The lowest BCUT2D eigenvalue weighted by atomic mass is 9.90. The molecular weight excluding hydrogens is 359 g/mol. The fourth-order valence-electron chi connectivity index (χ4n) is 3.50. The van der Waals surface area contributed by atoms with Crippen LogP contribution >= 0.6 is 0 Å². The lowest BCUT2D eigenvalue weighted by Crippen LogP contribution is -2.44. The van der Waals surface area contributed by atoms with Gasteiger partial charge in [-0.05, 0) is 23.1 Å². The zero-order valence-corrected chi connectivity index (χ0v) is 14.3. The second-order valence-corrected chi connectivity index (χ2v) is 6.49. The van der Waals surface area contributed by atoms with Gasteiger partial charge in [0, 0.05) is 13.0 Å². The Morgan fingerprint density at radius 2 is 1.70 bits per heavy atom. The number of hydrogen-bond acceptors (Lipinski definition) is 2. The van der Waals surface area contributed by atoms with E-state index < -0.39 is 36.4 Å². The van der Waals surface area contributed by atoms with Crippen molar-refractivity contribution in [2.75, 3.05) is 6.54 Å². The summed E-state index contributed by atoms with van der Waals surface area (Å²) in [7, 11) is 0. The number of hydrogen-bond donors (Lipinski definition) is 1. The second-order valence-electron chi connectivity index (χ2n) is 6.49. The Hall–Kier alpha value is -2.83. The smallest absolute Gasteiger partial charge is 0.396 e. The highest BCUT2D eigenvalue weighted by Crippen LogP contribution is 2.39. The van der Waals surface area contributed by atoms with E-state index in [1.54, 1.807) is 30.3 Å². The molecule has 0 saturated carbocycles. The molecule has 27 heavy (non-hydrogen) atoms. The summed E-state index contributed by atoms with van der Waals surface area (Å²) in [5, 5.41) is 9.60. The van der Waals surface area contributed by atoms with Crippen LogP contribution in [0.4, 0.5) is 13.2 Å². The summed E-state index contributed by atoms with van der Waals surface area (Å²) in [6, 6.07) is 12.7. The van der Waals surface area contributed by atoms with Crippen molar-refractivity contribution in [3.05, 3.63) is 71.3 Å². The third kappa shape index (κ3) is 3.97. The highest BCUT2D eigenvalue weighted by Gasteiger charge is 2.44. The van der Waals surface area contributed by atoms with Crippen LogP contribution in [0.2, 0.25) is 0 Å². The van der Waals surface area contributed by atoms with Crippen LogP contribution in [0.1, 0.15) is 35.1 Å². The van der Waals surface area contributed by atoms with Gasteiger partial charge in [-0.1, -0.05) is 54.6 Å². The highest BCUT2D eigenvalue weighted by molar-refractivity contribution is 5.86. The number of carboxylic acid groups (broad SMARTS) is 1. The molecular formula is C20H18F3NO3. The van der Waals surface area contributed by atoms with Crippen molar-refractivity contribution in [2.24, 2.45) is 0 Å². The molecule has 4 nitrogen and oxygen atoms in total. The number of carboxylic acids is 1. The van der Waals surface area contributed by atoms with Crippen LogP contribution in [0.25, 0.3) is 0 Å². The minimum absolute atomic E-state index is 0.0114. The number of rotatable bonds is 4. The Morgan fingerprint density at radius 1 is 1.07 bits per heavy atom. The zero-order valence-electron chi connectivity index (χ0n) is 14.3. The lowest BCUT2D eigenvalue weighted by Gasteiger charge is -2.35. The van der Waals surface area contributed by atoms with Crippen LogP contribution < -0.4 is 0 Å². The van der Waals surface area contributed by atoms with E-state index in [-0.39, 0.29) is 12.1 Å². The number of halogens is 3. The first-order valence-electron chi connectivity index (χ1n) is 8.50. The molecule has 0 saturated heterocycles. The average molecular weight is 377 g/mol. The third-order valence-corrected chi connectivity index (χ3v) is 4.81. The molecule has 0 spiro atoms. The Morgan fingerprint density at radius 3 is 2.33 bits per heavy atom. The summed E-state index contributed by atoms with van der Waals surface area (Å²) in [6.07, 6.45) is -5.02. The largest absolute Gasteiger partial charge is 0.479 e. The van der Waals surface area contributed by atoms with Crippen LogP contribution in [-0.4, -0.2) is 34.6 Å². The van der Waals surface area contributed by atoms with Crippen molar-refractivity contribution in [1.29, 1.82) is 0 Å². The summed E-state index contributed by atoms with van der Waals surface area (Å²) < 4.78 is 40.6. The molecule has 0 aromatic heterocycles. The van der Waals surface area contributed by atoms with Gasteiger partial charge < -0.3 is 10.0 Å². The minimum atomic E-state index is -4.61. The lowest BCUT2D eigenvalue weighted by molar-refractivity contribution is -0.164. The summed E-state index contributed by atoms with van der Waals surface area (Å²) in [6.45, 7) is 0.0756. The number of carbonyl (C=O) groups is 2. The summed E-state index contributed by atoms with van der Waals surface area (Å²) in [5.74, 6) is -4.04. The standard InChI is InChI=1S/C20H18F3NO3/c21-20(22,23)16(14-7-2-1-3-8-14)12-17(25)24-11-10-13-6-4-5-9-15(13)18(24)19(26)27/h1-9,16,18H,10-12H2,(H,26,27). The topological polar surface area (TPSA) is 57.6 Å². The molecule has 1 N–H and O–H groups in total. The average Bonchev–Trinajstić information content (AvgIpc) is 2.64. The van der Waals surface area contributed by atoms with Crippen LogP contribution in [-0.2, 0) is 16.0 Å².